The summed E-state index contributed by atoms with van der Waals surface area (Å²) in [6, 6.07) is 5.46. The Balaban J connectivity index is 2.11. The van der Waals surface area contributed by atoms with Gasteiger partial charge in [-0.2, -0.15) is 5.06 Å². The van der Waals surface area contributed by atoms with Crippen molar-refractivity contribution in [3.8, 4) is 0 Å². The van der Waals surface area contributed by atoms with Crippen LogP contribution in [0.25, 0.3) is 0 Å². The lowest BCUT2D eigenvalue weighted by atomic mass is 10.1. The molecule has 0 bridgehead atoms. The van der Waals surface area contributed by atoms with Crippen LogP contribution in [0, 0.1) is 0 Å². The minimum atomic E-state index is -0.530. The van der Waals surface area contributed by atoms with Crippen LogP contribution in [0.1, 0.15) is 38.9 Å². The molecule has 18 heavy (non-hydrogen) atoms. The Morgan fingerprint density at radius 2 is 2.28 bits per heavy atom. The molecule has 5 nitrogen and oxygen atoms in total. The smallest absolute Gasteiger partial charge is 0.435 e. The van der Waals surface area contributed by atoms with Crippen molar-refractivity contribution in [2.24, 2.45) is 0 Å². The molecule has 0 aromatic carbocycles. The van der Waals surface area contributed by atoms with Crippen LogP contribution in [-0.4, -0.2) is 28.3 Å². The second kappa shape index (κ2) is 4.94. The van der Waals surface area contributed by atoms with Crippen LogP contribution in [0.4, 0.5) is 4.79 Å². The molecule has 2 rings (SSSR count). The van der Waals surface area contributed by atoms with Gasteiger partial charge < -0.3 is 4.74 Å². The number of nitrogens with zero attached hydrogens (tertiary/aromatic N) is 2. The number of aromatic nitrogens is 1. The van der Waals surface area contributed by atoms with Gasteiger partial charge >= 0.3 is 6.09 Å². The van der Waals surface area contributed by atoms with Crippen LogP contribution < -0.4 is 0 Å². The molecule has 0 N–H and O–H groups in total. The van der Waals surface area contributed by atoms with E-state index >= 15 is 0 Å². The number of hydrogen-bond acceptors (Lipinski definition) is 4. The molecule has 1 aliphatic rings. The lowest BCUT2D eigenvalue weighted by molar-refractivity contribution is -0.125. The average Bonchev–Trinajstić information content (AvgIpc) is 2.76. The molecule has 1 aromatic heterocycles. The molecule has 0 aliphatic carbocycles. The van der Waals surface area contributed by atoms with Crippen molar-refractivity contribution < 1.29 is 14.4 Å². The standard InChI is InChI=1S/C13H18N2O3/c1-13(2,3)18-12(16)15-11(7-9-17-15)10-6-4-5-8-14-10/h4-6,8,11H,7,9H2,1-3H3/t11-/m0/s1. The predicted octanol–water partition coefficient (Wildman–Crippen LogP) is 2.70. The molecule has 0 spiro atoms. The van der Waals surface area contributed by atoms with Gasteiger partial charge in [0.25, 0.3) is 0 Å². The van der Waals surface area contributed by atoms with Gasteiger partial charge in [-0.25, -0.2) is 4.79 Å². The van der Waals surface area contributed by atoms with Gasteiger partial charge in [0.2, 0.25) is 0 Å². The Morgan fingerprint density at radius 3 is 2.89 bits per heavy atom. The van der Waals surface area contributed by atoms with Gasteiger partial charge in [0.1, 0.15) is 11.6 Å². The van der Waals surface area contributed by atoms with Crippen molar-refractivity contribution in [2.45, 2.75) is 38.8 Å². The third-order valence-corrected chi connectivity index (χ3v) is 2.51. The van der Waals surface area contributed by atoms with Gasteiger partial charge in [0.05, 0.1) is 12.3 Å². The van der Waals surface area contributed by atoms with Gasteiger partial charge in [-0.3, -0.25) is 9.82 Å². The molecule has 5 heteroatoms. The first kappa shape index (κ1) is 12.8. The summed E-state index contributed by atoms with van der Waals surface area (Å²) in [4.78, 5) is 21.6. The molecular weight excluding hydrogens is 232 g/mol. The molecule has 1 atom stereocenters. The lowest BCUT2D eigenvalue weighted by Crippen LogP contribution is -2.35. The highest BCUT2D eigenvalue weighted by Crippen LogP contribution is 2.30. The number of hydroxylamine groups is 2. The third-order valence-electron chi connectivity index (χ3n) is 2.51. The maximum absolute atomic E-state index is 12.0. The van der Waals surface area contributed by atoms with Gasteiger partial charge in [-0.15, -0.1) is 0 Å². The fraction of sp³-hybridized carbons (Fsp3) is 0.538. The predicted molar refractivity (Wildman–Crippen MR) is 65.6 cm³/mol. The van der Waals surface area contributed by atoms with Crippen LogP contribution in [0.5, 0.6) is 0 Å². The molecular formula is C13H18N2O3. The molecule has 98 valence electrons. The van der Waals surface area contributed by atoms with E-state index in [2.05, 4.69) is 4.98 Å². The van der Waals surface area contributed by atoms with Gasteiger partial charge in [0.15, 0.2) is 0 Å². The van der Waals surface area contributed by atoms with Gasteiger partial charge in [-0.05, 0) is 32.9 Å². The zero-order valence-electron chi connectivity index (χ0n) is 10.9. The number of pyridine rings is 1. The van der Waals surface area contributed by atoms with E-state index in [0.717, 1.165) is 12.1 Å². The van der Waals surface area contributed by atoms with Gasteiger partial charge in [0, 0.05) is 12.6 Å². The topological polar surface area (TPSA) is 51.7 Å². The van der Waals surface area contributed by atoms with E-state index in [1.807, 2.05) is 39.0 Å². The molecule has 1 saturated heterocycles. The highest BCUT2D eigenvalue weighted by molar-refractivity contribution is 5.67. The monoisotopic (exact) mass is 250 g/mol. The number of carbonyl (C=O) groups is 1. The summed E-state index contributed by atoms with van der Waals surface area (Å²) in [6.45, 7) is 5.99. The minimum Gasteiger partial charge on any atom is -0.442 e. The number of hydrogen-bond donors (Lipinski definition) is 0. The van der Waals surface area contributed by atoms with Crippen LogP contribution in [0.2, 0.25) is 0 Å². The summed E-state index contributed by atoms with van der Waals surface area (Å²) in [5.41, 5.74) is 0.290. The Hall–Kier alpha value is -1.62. The van der Waals surface area contributed by atoms with Crippen LogP contribution >= 0.6 is 0 Å². The summed E-state index contributed by atoms with van der Waals surface area (Å²) in [5, 5.41) is 1.29. The summed E-state index contributed by atoms with van der Waals surface area (Å²) in [5.74, 6) is 0. The largest absolute Gasteiger partial charge is 0.442 e. The zero-order chi connectivity index (χ0) is 13.2. The maximum atomic E-state index is 12.0. The lowest BCUT2D eigenvalue weighted by Gasteiger charge is -2.26. The summed E-state index contributed by atoms with van der Waals surface area (Å²) in [6.07, 6.45) is 1.98. The van der Waals surface area contributed by atoms with E-state index in [-0.39, 0.29) is 6.04 Å². The number of rotatable bonds is 1. The quantitative estimate of drug-likeness (QED) is 0.769. The Morgan fingerprint density at radius 1 is 1.50 bits per heavy atom. The van der Waals surface area contributed by atoms with Crippen molar-refractivity contribution in [1.82, 2.24) is 10.0 Å². The summed E-state index contributed by atoms with van der Waals surface area (Å²) < 4.78 is 5.31. The van der Waals surface area contributed by atoms with Crippen molar-refractivity contribution in [2.75, 3.05) is 6.61 Å². The first-order chi connectivity index (χ1) is 8.47. The van der Waals surface area contributed by atoms with Crippen molar-refractivity contribution >= 4 is 6.09 Å². The van der Waals surface area contributed by atoms with E-state index in [9.17, 15) is 4.79 Å². The SMILES string of the molecule is CC(C)(C)OC(=O)N1OCC[C@H]1c1ccccn1. The first-order valence-electron chi connectivity index (χ1n) is 6.03. The second-order valence-electron chi connectivity index (χ2n) is 5.20. The van der Waals surface area contributed by atoms with Crippen molar-refractivity contribution in [3.63, 3.8) is 0 Å². The van der Waals surface area contributed by atoms with E-state index in [1.54, 1.807) is 6.20 Å². The number of carbonyl (C=O) groups excluding carboxylic acids is 1. The Labute approximate surface area is 107 Å². The van der Waals surface area contributed by atoms with E-state index in [0.29, 0.717) is 6.61 Å². The second-order valence-corrected chi connectivity index (χ2v) is 5.20. The Bertz CT molecular complexity index is 414. The van der Waals surface area contributed by atoms with E-state index in [4.69, 9.17) is 9.57 Å². The molecule has 0 unspecified atom stereocenters. The molecule has 0 saturated carbocycles. The summed E-state index contributed by atoms with van der Waals surface area (Å²) in [7, 11) is 0. The fourth-order valence-corrected chi connectivity index (χ4v) is 1.80. The van der Waals surface area contributed by atoms with Crippen LogP contribution in [0.15, 0.2) is 24.4 Å². The van der Waals surface area contributed by atoms with Crippen LogP contribution in [0.3, 0.4) is 0 Å². The van der Waals surface area contributed by atoms with E-state index < -0.39 is 11.7 Å². The fourth-order valence-electron chi connectivity index (χ4n) is 1.80. The average molecular weight is 250 g/mol. The molecule has 2 heterocycles. The minimum absolute atomic E-state index is 0.166. The van der Waals surface area contributed by atoms with Crippen LogP contribution in [-0.2, 0) is 9.57 Å². The van der Waals surface area contributed by atoms with Crippen molar-refractivity contribution in [1.29, 1.82) is 0 Å². The third kappa shape index (κ3) is 2.98. The zero-order valence-corrected chi connectivity index (χ0v) is 10.9. The Kier molecular flexibility index (Phi) is 3.52. The highest BCUT2D eigenvalue weighted by atomic mass is 16.7. The molecule has 1 fully saturated rings. The van der Waals surface area contributed by atoms with Gasteiger partial charge in [-0.1, -0.05) is 6.07 Å². The summed E-state index contributed by atoms with van der Waals surface area (Å²) >= 11 is 0. The first-order valence-corrected chi connectivity index (χ1v) is 6.03. The number of ether oxygens (including phenoxy) is 1. The maximum Gasteiger partial charge on any atom is 0.435 e. The molecule has 1 aliphatic heterocycles. The van der Waals surface area contributed by atoms with Crippen molar-refractivity contribution in [3.05, 3.63) is 30.1 Å². The molecule has 1 amide bonds. The molecule has 0 radical (unpaired) electrons. The highest BCUT2D eigenvalue weighted by Gasteiger charge is 2.35. The number of amides is 1. The molecule has 1 aromatic rings. The van der Waals surface area contributed by atoms with E-state index in [1.165, 1.54) is 5.06 Å². The normalized spacial score (nSPS) is 19.9.